The zero-order chi connectivity index (χ0) is 15.2. The third-order valence-electron chi connectivity index (χ3n) is 3.20. The van der Waals surface area contributed by atoms with Crippen molar-refractivity contribution in [1.82, 2.24) is 4.98 Å². The van der Waals surface area contributed by atoms with Gasteiger partial charge in [-0.1, -0.05) is 13.8 Å². The van der Waals surface area contributed by atoms with Gasteiger partial charge in [-0.15, -0.1) is 0 Å². The van der Waals surface area contributed by atoms with Crippen LogP contribution in [-0.4, -0.2) is 24.1 Å². The maximum absolute atomic E-state index is 13.2. The van der Waals surface area contributed by atoms with Gasteiger partial charge < -0.3 is 10.5 Å². The smallest absolute Gasteiger partial charge is 0.313 e. The number of aromatic nitrogens is 1. The van der Waals surface area contributed by atoms with Crippen molar-refractivity contribution in [3.05, 3.63) is 29.8 Å². The van der Waals surface area contributed by atoms with E-state index in [1.165, 1.54) is 6.07 Å². The van der Waals surface area contributed by atoms with Gasteiger partial charge in [-0.05, 0) is 37.3 Å². The summed E-state index contributed by atoms with van der Waals surface area (Å²) < 4.78 is 18.4. The van der Waals surface area contributed by atoms with Crippen molar-refractivity contribution in [2.45, 2.75) is 33.6 Å². The molecule has 1 rings (SSSR count). The van der Waals surface area contributed by atoms with Gasteiger partial charge in [0.1, 0.15) is 5.82 Å². The number of carbonyl (C=O) groups excluding carboxylic acids is 1. The van der Waals surface area contributed by atoms with Crippen LogP contribution in [0.4, 0.5) is 4.39 Å². The van der Waals surface area contributed by atoms with E-state index in [4.69, 9.17) is 10.5 Å². The van der Waals surface area contributed by atoms with Crippen LogP contribution in [0.5, 0.6) is 0 Å². The van der Waals surface area contributed by atoms with E-state index in [9.17, 15) is 9.18 Å². The standard InChI is InChI=1S/C15H23FN2O2/c1-4-20-14(19)15(10-17,6-11(2)3)7-12-5-13(16)9-18-8-12/h5,8-9,11H,4,6-7,10,17H2,1-3H3. The number of pyridine rings is 1. The molecule has 20 heavy (non-hydrogen) atoms. The third kappa shape index (κ3) is 4.27. The highest BCUT2D eigenvalue weighted by atomic mass is 19.1. The summed E-state index contributed by atoms with van der Waals surface area (Å²) in [7, 11) is 0. The van der Waals surface area contributed by atoms with Gasteiger partial charge in [-0.25, -0.2) is 4.39 Å². The Kier molecular flexibility index (Phi) is 6.07. The quantitative estimate of drug-likeness (QED) is 0.779. The van der Waals surface area contributed by atoms with E-state index in [0.717, 1.165) is 6.20 Å². The van der Waals surface area contributed by atoms with E-state index in [-0.39, 0.29) is 18.4 Å². The number of halogens is 1. The monoisotopic (exact) mass is 282 g/mol. The Morgan fingerprint density at radius 2 is 2.20 bits per heavy atom. The Labute approximate surface area is 119 Å². The molecule has 4 nitrogen and oxygen atoms in total. The lowest BCUT2D eigenvalue weighted by Gasteiger charge is -2.31. The molecule has 1 unspecified atom stereocenters. The van der Waals surface area contributed by atoms with Crippen LogP contribution in [0, 0.1) is 17.2 Å². The molecule has 0 aromatic carbocycles. The zero-order valence-corrected chi connectivity index (χ0v) is 12.4. The normalized spacial score (nSPS) is 14.1. The van der Waals surface area contributed by atoms with Gasteiger partial charge in [-0.2, -0.15) is 0 Å². The van der Waals surface area contributed by atoms with Crippen molar-refractivity contribution in [1.29, 1.82) is 0 Å². The number of ether oxygens (including phenoxy) is 1. The fourth-order valence-corrected chi connectivity index (χ4v) is 2.48. The maximum atomic E-state index is 13.2. The highest BCUT2D eigenvalue weighted by Crippen LogP contribution is 2.31. The summed E-state index contributed by atoms with van der Waals surface area (Å²) in [6.45, 7) is 6.28. The maximum Gasteiger partial charge on any atom is 0.313 e. The number of hydrogen-bond donors (Lipinski definition) is 1. The minimum atomic E-state index is -0.820. The Balaban J connectivity index is 3.05. The lowest BCUT2D eigenvalue weighted by atomic mass is 9.75. The summed E-state index contributed by atoms with van der Waals surface area (Å²) in [5.41, 5.74) is 5.69. The first-order valence-electron chi connectivity index (χ1n) is 6.90. The number of nitrogens with two attached hydrogens (primary N) is 1. The molecule has 0 amide bonds. The Morgan fingerprint density at radius 1 is 1.50 bits per heavy atom. The molecule has 0 spiro atoms. The molecular formula is C15H23FN2O2. The van der Waals surface area contributed by atoms with Crippen molar-refractivity contribution in [2.24, 2.45) is 17.1 Å². The van der Waals surface area contributed by atoms with E-state index >= 15 is 0 Å². The molecule has 1 atom stereocenters. The van der Waals surface area contributed by atoms with Crippen LogP contribution in [0.2, 0.25) is 0 Å². The molecule has 0 aliphatic rings. The Hall–Kier alpha value is -1.49. The van der Waals surface area contributed by atoms with Crippen LogP contribution in [0.1, 0.15) is 32.8 Å². The molecule has 0 aliphatic carbocycles. The molecule has 112 valence electrons. The molecule has 1 heterocycles. The number of hydrogen-bond acceptors (Lipinski definition) is 4. The van der Waals surface area contributed by atoms with Crippen LogP contribution in [0.25, 0.3) is 0 Å². The number of nitrogens with zero attached hydrogens (tertiary/aromatic N) is 1. The second-order valence-electron chi connectivity index (χ2n) is 5.49. The highest BCUT2D eigenvalue weighted by Gasteiger charge is 2.39. The first kappa shape index (κ1) is 16.6. The van der Waals surface area contributed by atoms with Crippen molar-refractivity contribution in [3.63, 3.8) is 0 Å². The summed E-state index contributed by atoms with van der Waals surface area (Å²) in [5, 5.41) is 0. The molecule has 0 saturated carbocycles. The molecule has 1 aromatic rings. The van der Waals surface area contributed by atoms with Crippen LogP contribution in [0.3, 0.4) is 0 Å². The van der Waals surface area contributed by atoms with E-state index in [1.54, 1.807) is 13.1 Å². The predicted molar refractivity (Wildman–Crippen MR) is 75.5 cm³/mol. The average Bonchev–Trinajstić information content (AvgIpc) is 2.37. The van der Waals surface area contributed by atoms with Gasteiger partial charge in [0.2, 0.25) is 0 Å². The second-order valence-corrected chi connectivity index (χ2v) is 5.49. The zero-order valence-electron chi connectivity index (χ0n) is 12.4. The van der Waals surface area contributed by atoms with Crippen LogP contribution >= 0.6 is 0 Å². The fourth-order valence-electron chi connectivity index (χ4n) is 2.48. The summed E-state index contributed by atoms with van der Waals surface area (Å²) in [5.74, 6) is -0.452. The number of carbonyl (C=O) groups is 1. The second kappa shape index (κ2) is 7.33. The Bertz CT molecular complexity index is 451. The van der Waals surface area contributed by atoms with E-state index in [0.29, 0.717) is 25.0 Å². The largest absolute Gasteiger partial charge is 0.466 e. The van der Waals surface area contributed by atoms with Crippen LogP contribution < -0.4 is 5.73 Å². The topological polar surface area (TPSA) is 65.2 Å². The highest BCUT2D eigenvalue weighted by molar-refractivity contribution is 5.77. The predicted octanol–water partition coefficient (Wildman–Crippen LogP) is 2.32. The summed E-state index contributed by atoms with van der Waals surface area (Å²) >= 11 is 0. The van der Waals surface area contributed by atoms with Gasteiger partial charge in [0.15, 0.2) is 0 Å². The third-order valence-corrected chi connectivity index (χ3v) is 3.20. The number of esters is 1. The van der Waals surface area contributed by atoms with Crippen molar-refractivity contribution < 1.29 is 13.9 Å². The lowest BCUT2D eigenvalue weighted by molar-refractivity contribution is -0.156. The molecule has 0 radical (unpaired) electrons. The fraction of sp³-hybridized carbons (Fsp3) is 0.600. The molecule has 0 fully saturated rings. The van der Waals surface area contributed by atoms with Crippen molar-refractivity contribution in [2.75, 3.05) is 13.2 Å². The molecule has 0 bridgehead atoms. The minimum absolute atomic E-state index is 0.167. The van der Waals surface area contributed by atoms with Crippen LogP contribution in [0.15, 0.2) is 18.5 Å². The Morgan fingerprint density at radius 3 is 2.70 bits per heavy atom. The summed E-state index contributed by atoms with van der Waals surface area (Å²) in [6, 6.07) is 1.39. The molecule has 5 heteroatoms. The van der Waals surface area contributed by atoms with E-state index < -0.39 is 11.2 Å². The van der Waals surface area contributed by atoms with Crippen LogP contribution in [-0.2, 0) is 16.0 Å². The molecule has 0 saturated heterocycles. The molecular weight excluding hydrogens is 259 g/mol. The summed E-state index contributed by atoms with van der Waals surface area (Å²) in [4.78, 5) is 16.1. The molecule has 1 aromatic heterocycles. The first-order chi connectivity index (χ1) is 9.43. The minimum Gasteiger partial charge on any atom is -0.466 e. The van der Waals surface area contributed by atoms with Gasteiger partial charge in [0.05, 0.1) is 18.2 Å². The van der Waals surface area contributed by atoms with Gasteiger partial charge >= 0.3 is 5.97 Å². The SMILES string of the molecule is CCOC(=O)C(CN)(Cc1cncc(F)c1)CC(C)C. The van der Waals surface area contributed by atoms with Crippen molar-refractivity contribution >= 4 is 5.97 Å². The number of rotatable bonds is 7. The molecule has 0 aliphatic heterocycles. The van der Waals surface area contributed by atoms with Crippen molar-refractivity contribution in [3.8, 4) is 0 Å². The summed E-state index contributed by atoms with van der Waals surface area (Å²) in [6.07, 6.45) is 3.64. The van der Waals surface area contributed by atoms with Gasteiger partial charge in [0.25, 0.3) is 0 Å². The first-order valence-corrected chi connectivity index (χ1v) is 6.90. The average molecular weight is 282 g/mol. The van der Waals surface area contributed by atoms with E-state index in [2.05, 4.69) is 4.98 Å². The molecule has 2 N–H and O–H groups in total. The van der Waals surface area contributed by atoms with Gasteiger partial charge in [-0.3, -0.25) is 9.78 Å². The van der Waals surface area contributed by atoms with E-state index in [1.807, 2.05) is 13.8 Å². The van der Waals surface area contributed by atoms with Gasteiger partial charge in [0, 0.05) is 12.7 Å². The lowest BCUT2D eigenvalue weighted by Crippen LogP contribution is -2.43.